The van der Waals surface area contributed by atoms with Gasteiger partial charge in [-0.1, -0.05) is 0 Å². The lowest BCUT2D eigenvalue weighted by Crippen LogP contribution is -2.53. The van der Waals surface area contributed by atoms with Gasteiger partial charge in [0.15, 0.2) is 0 Å². The number of aromatic nitrogens is 1. The zero-order valence-electron chi connectivity index (χ0n) is 9.32. The van der Waals surface area contributed by atoms with Crippen LogP contribution >= 0.6 is 0 Å². The summed E-state index contributed by atoms with van der Waals surface area (Å²) >= 11 is 0. The quantitative estimate of drug-likeness (QED) is 0.819. The van der Waals surface area contributed by atoms with Gasteiger partial charge in [0.25, 0.3) is 0 Å². The Labute approximate surface area is 94.4 Å². The fraction of sp³-hybridized carbons (Fsp3) is 0.545. The van der Waals surface area contributed by atoms with Gasteiger partial charge in [-0.05, 0) is 12.1 Å². The van der Waals surface area contributed by atoms with E-state index in [0.717, 1.165) is 25.5 Å². The van der Waals surface area contributed by atoms with Crippen molar-refractivity contribution in [2.45, 2.75) is 6.04 Å². The first-order valence-corrected chi connectivity index (χ1v) is 5.39. The molecule has 0 aliphatic carbocycles. The van der Waals surface area contributed by atoms with Crippen LogP contribution in [0.15, 0.2) is 18.3 Å². The van der Waals surface area contributed by atoms with E-state index in [1.807, 2.05) is 0 Å². The molecule has 1 aromatic heterocycles. The smallest absolute Gasteiger partial charge is 0.141 e. The number of anilines is 1. The lowest BCUT2D eigenvalue weighted by atomic mass is 10.2. The van der Waals surface area contributed by atoms with Gasteiger partial charge in [-0.25, -0.2) is 9.37 Å². The van der Waals surface area contributed by atoms with E-state index < -0.39 is 0 Å². The van der Waals surface area contributed by atoms with Gasteiger partial charge in [0, 0.05) is 26.7 Å². The van der Waals surface area contributed by atoms with E-state index in [-0.39, 0.29) is 11.9 Å². The van der Waals surface area contributed by atoms with Crippen molar-refractivity contribution in [2.24, 2.45) is 0 Å². The predicted octanol–water partition coefficient (Wildman–Crippen LogP) is 0.645. The number of methoxy groups -OCH3 is 1. The van der Waals surface area contributed by atoms with Crippen LogP contribution in [0.4, 0.5) is 10.2 Å². The summed E-state index contributed by atoms with van der Waals surface area (Å²) in [5, 5.41) is 3.31. The second-order valence-corrected chi connectivity index (χ2v) is 3.84. The summed E-state index contributed by atoms with van der Waals surface area (Å²) in [6.07, 6.45) is 1.25. The fourth-order valence-electron chi connectivity index (χ4n) is 1.94. The number of nitrogens with one attached hydrogen (secondary N) is 1. The molecule has 0 bridgehead atoms. The van der Waals surface area contributed by atoms with E-state index in [1.54, 1.807) is 13.2 Å². The third-order valence-corrected chi connectivity index (χ3v) is 2.72. The maximum absolute atomic E-state index is 12.8. The van der Waals surface area contributed by atoms with Crippen LogP contribution in [-0.2, 0) is 4.74 Å². The van der Waals surface area contributed by atoms with E-state index >= 15 is 0 Å². The van der Waals surface area contributed by atoms with Gasteiger partial charge >= 0.3 is 0 Å². The van der Waals surface area contributed by atoms with Crippen LogP contribution in [0.5, 0.6) is 0 Å². The predicted molar refractivity (Wildman–Crippen MR) is 60.1 cm³/mol. The molecular weight excluding hydrogens is 209 g/mol. The number of pyridine rings is 1. The third kappa shape index (κ3) is 2.48. The largest absolute Gasteiger partial charge is 0.383 e. The highest BCUT2D eigenvalue weighted by Gasteiger charge is 2.22. The van der Waals surface area contributed by atoms with E-state index in [9.17, 15) is 4.39 Å². The molecule has 0 aromatic carbocycles. The van der Waals surface area contributed by atoms with Crippen molar-refractivity contribution in [1.82, 2.24) is 10.3 Å². The number of hydrogen-bond donors (Lipinski definition) is 1. The Morgan fingerprint density at radius 1 is 1.62 bits per heavy atom. The van der Waals surface area contributed by atoms with Crippen LogP contribution in [0.2, 0.25) is 0 Å². The minimum atomic E-state index is -0.304. The first-order valence-electron chi connectivity index (χ1n) is 5.39. The number of hydrogen-bond acceptors (Lipinski definition) is 4. The zero-order chi connectivity index (χ0) is 11.4. The highest BCUT2D eigenvalue weighted by molar-refractivity contribution is 5.40. The second-order valence-electron chi connectivity index (χ2n) is 3.84. The van der Waals surface area contributed by atoms with Gasteiger partial charge in [-0.15, -0.1) is 0 Å². The topological polar surface area (TPSA) is 37.4 Å². The molecule has 5 heteroatoms. The second kappa shape index (κ2) is 5.23. The van der Waals surface area contributed by atoms with Crippen LogP contribution in [-0.4, -0.2) is 44.4 Å². The molecule has 1 aliphatic rings. The van der Waals surface area contributed by atoms with Crippen molar-refractivity contribution in [2.75, 3.05) is 38.3 Å². The Bertz CT molecular complexity index is 329. The van der Waals surface area contributed by atoms with E-state index in [1.165, 1.54) is 12.3 Å². The molecule has 88 valence electrons. The Kier molecular flexibility index (Phi) is 3.69. The van der Waals surface area contributed by atoms with Crippen molar-refractivity contribution in [3.8, 4) is 0 Å². The van der Waals surface area contributed by atoms with E-state index in [4.69, 9.17) is 4.74 Å². The maximum atomic E-state index is 12.8. The minimum Gasteiger partial charge on any atom is -0.383 e. The molecule has 0 radical (unpaired) electrons. The van der Waals surface area contributed by atoms with Gasteiger partial charge in [0.2, 0.25) is 0 Å². The summed E-state index contributed by atoms with van der Waals surface area (Å²) in [5.41, 5.74) is 0. The molecule has 1 saturated heterocycles. The standard InChI is InChI=1S/C11H16FN3O/c1-16-8-10-7-13-4-5-15(10)11-3-2-9(12)6-14-11/h2-3,6,10,13H,4-5,7-8H2,1H3. The van der Waals surface area contributed by atoms with Crippen LogP contribution in [0.3, 0.4) is 0 Å². The average Bonchev–Trinajstić information content (AvgIpc) is 2.32. The molecule has 1 N–H and O–H groups in total. The van der Waals surface area contributed by atoms with E-state index in [2.05, 4.69) is 15.2 Å². The number of rotatable bonds is 3. The molecule has 2 rings (SSSR count). The van der Waals surface area contributed by atoms with Gasteiger partial charge in [0.1, 0.15) is 11.6 Å². The van der Waals surface area contributed by atoms with Crippen molar-refractivity contribution in [1.29, 1.82) is 0 Å². The SMILES string of the molecule is COCC1CNCCN1c1ccc(F)cn1. The fourth-order valence-corrected chi connectivity index (χ4v) is 1.94. The molecule has 2 heterocycles. The number of halogens is 1. The molecule has 1 atom stereocenters. The minimum absolute atomic E-state index is 0.261. The molecule has 1 fully saturated rings. The van der Waals surface area contributed by atoms with Crippen LogP contribution in [0.1, 0.15) is 0 Å². The number of piperazine rings is 1. The van der Waals surface area contributed by atoms with Crippen molar-refractivity contribution >= 4 is 5.82 Å². The normalized spacial score (nSPS) is 21.1. The summed E-state index contributed by atoms with van der Waals surface area (Å²) in [6.45, 7) is 3.30. The highest BCUT2D eigenvalue weighted by Crippen LogP contribution is 2.15. The summed E-state index contributed by atoms with van der Waals surface area (Å²) in [5.74, 6) is 0.507. The van der Waals surface area contributed by atoms with Crippen LogP contribution in [0.25, 0.3) is 0 Å². The van der Waals surface area contributed by atoms with Gasteiger partial charge in [-0.2, -0.15) is 0 Å². The van der Waals surface area contributed by atoms with Crippen LogP contribution < -0.4 is 10.2 Å². The summed E-state index contributed by atoms with van der Waals surface area (Å²) in [6, 6.07) is 3.41. The molecule has 16 heavy (non-hydrogen) atoms. The van der Waals surface area contributed by atoms with Crippen molar-refractivity contribution < 1.29 is 9.13 Å². The summed E-state index contributed by atoms with van der Waals surface area (Å²) < 4.78 is 18.0. The molecule has 0 amide bonds. The van der Waals surface area contributed by atoms with Crippen molar-refractivity contribution in [3.63, 3.8) is 0 Å². The number of nitrogens with zero attached hydrogens (tertiary/aromatic N) is 2. The molecule has 1 unspecified atom stereocenters. The lowest BCUT2D eigenvalue weighted by Gasteiger charge is -2.36. The zero-order valence-corrected chi connectivity index (χ0v) is 9.32. The molecule has 1 aromatic rings. The van der Waals surface area contributed by atoms with Gasteiger partial charge in [0.05, 0.1) is 18.8 Å². The monoisotopic (exact) mass is 225 g/mol. The Morgan fingerprint density at radius 2 is 2.50 bits per heavy atom. The first kappa shape index (κ1) is 11.3. The Hall–Kier alpha value is -1.20. The van der Waals surface area contributed by atoms with E-state index in [0.29, 0.717) is 6.61 Å². The maximum Gasteiger partial charge on any atom is 0.141 e. The average molecular weight is 225 g/mol. The highest BCUT2D eigenvalue weighted by atomic mass is 19.1. The van der Waals surface area contributed by atoms with Gasteiger partial charge < -0.3 is 15.0 Å². The summed E-state index contributed by atoms with van der Waals surface area (Å²) in [7, 11) is 1.69. The third-order valence-electron chi connectivity index (χ3n) is 2.72. The lowest BCUT2D eigenvalue weighted by molar-refractivity contribution is 0.170. The molecule has 1 aliphatic heterocycles. The Morgan fingerprint density at radius 3 is 3.19 bits per heavy atom. The molecule has 0 saturated carbocycles. The summed E-state index contributed by atoms with van der Waals surface area (Å²) in [4.78, 5) is 6.25. The first-order chi connectivity index (χ1) is 7.81. The number of ether oxygens (including phenoxy) is 1. The van der Waals surface area contributed by atoms with Crippen LogP contribution in [0, 0.1) is 5.82 Å². The van der Waals surface area contributed by atoms with Crippen molar-refractivity contribution in [3.05, 3.63) is 24.1 Å². The molecule has 0 spiro atoms. The molecule has 4 nitrogen and oxygen atoms in total. The molecular formula is C11H16FN3O. The Balaban J connectivity index is 2.13. The van der Waals surface area contributed by atoms with Gasteiger partial charge in [-0.3, -0.25) is 0 Å².